The van der Waals surface area contributed by atoms with Gasteiger partial charge in [0.2, 0.25) is 0 Å². The predicted octanol–water partition coefficient (Wildman–Crippen LogP) is 2.45. The maximum atomic E-state index is 13.6. The summed E-state index contributed by atoms with van der Waals surface area (Å²) in [5.41, 5.74) is 0.559. The first-order valence-electron chi connectivity index (χ1n) is 5.95. The third-order valence-electron chi connectivity index (χ3n) is 2.53. The van der Waals surface area contributed by atoms with Crippen LogP contribution in [0.3, 0.4) is 0 Å². The summed E-state index contributed by atoms with van der Waals surface area (Å²) in [7, 11) is 0. The van der Waals surface area contributed by atoms with Crippen molar-refractivity contribution in [1.82, 2.24) is 5.32 Å². The number of nitrogens with zero attached hydrogens (tertiary/aromatic N) is 1. The van der Waals surface area contributed by atoms with Crippen molar-refractivity contribution in [1.29, 1.82) is 0 Å². The lowest BCUT2D eigenvalue weighted by atomic mass is 10.1. The van der Waals surface area contributed by atoms with E-state index >= 15 is 0 Å². The standard InChI is InChI=1S/C12H18FN3O2/c1-3-4-14-5-6-15-11-7-9(2)12(16(17)18)8-10(11)13/h7-8,14-15H,3-6H2,1-2H3. The Balaban J connectivity index is 2.62. The smallest absolute Gasteiger partial charge is 0.275 e. The first-order valence-corrected chi connectivity index (χ1v) is 5.95. The number of benzene rings is 1. The number of halogens is 1. The van der Waals surface area contributed by atoms with E-state index in [0.717, 1.165) is 25.6 Å². The molecule has 0 fully saturated rings. The SMILES string of the molecule is CCCNCCNc1cc(C)c([N+](=O)[O-])cc1F. The van der Waals surface area contributed by atoms with E-state index in [-0.39, 0.29) is 5.69 Å². The fourth-order valence-corrected chi connectivity index (χ4v) is 1.59. The van der Waals surface area contributed by atoms with E-state index < -0.39 is 10.7 Å². The molecule has 1 aromatic rings. The van der Waals surface area contributed by atoms with Gasteiger partial charge in [-0.3, -0.25) is 10.1 Å². The Morgan fingerprint density at radius 1 is 1.33 bits per heavy atom. The lowest BCUT2D eigenvalue weighted by Crippen LogP contribution is -2.23. The molecule has 0 aliphatic rings. The molecule has 18 heavy (non-hydrogen) atoms. The van der Waals surface area contributed by atoms with Gasteiger partial charge in [0.05, 0.1) is 16.7 Å². The van der Waals surface area contributed by atoms with Crippen molar-refractivity contribution in [2.75, 3.05) is 25.0 Å². The number of nitrogens with one attached hydrogen (secondary N) is 2. The van der Waals surface area contributed by atoms with Crippen molar-refractivity contribution in [3.05, 3.63) is 33.6 Å². The molecule has 2 N–H and O–H groups in total. The summed E-state index contributed by atoms with van der Waals surface area (Å²) >= 11 is 0. The maximum Gasteiger partial charge on any atom is 0.275 e. The monoisotopic (exact) mass is 255 g/mol. The van der Waals surface area contributed by atoms with E-state index in [9.17, 15) is 14.5 Å². The first-order chi connectivity index (χ1) is 8.56. The highest BCUT2D eigenvalue weighted by Gasteiger charge is 2.14. The third kappa shape index (κ3) is 3.96. The molecule has 0 saturated carbocycles. The Kier molecular flexibility index (Phi) is 5.51. The van der Waals surface area contributed by atoms with Crippen LogP contribution in [-0.4, -0.2) is 24.6 Å². The number of aryl methyl sites for hydroxylation is 1. The van der Waals surface area contributed by atoms with Gasteiger partial charge in [0, 0.05) is 18.7 Å². The first kappa shape index (κ1) is 14.4. The number of nitro groups is 1. The van der Waals surface area contributed by atoms with E-state index in [1.165, 1.54) is 6.07 Å². The zero-order valence-electron chi connectivity index (χ0n) is 10.6. The van der Waals surface area contributed by atoms with Gasteiger partial charge < -0.3 is 10.6 Å². The Bertz CT molecular complexity index is 424. The average Bonchev–Trinajstić information content (AvgIpc) is 2.32. The van der Waals surface area contributed by atoms with E-state index in [2.05, 4.69) is 17.6 Å². The molecule has 6 heteroatoms. The predicted molar refractivity (Wildman–Crippen MR) is 69.4 cm³/mol. The number of hydrogen-bond donors (Lipinski definition) is 2. The summed E-state index contributed by atoms with van der Waals surface area (Å²) in [6, 6.07) is 2.42. The van der Waals surface area contributed by atoms with Gasteiger partial charge in [0.15, 0.2) is 5.82 Å². The van der Waals surface area contributed by atoms with Crippen molar-refractivity contribution in [2.24, 2.45) is 0 Å². The Morgan fingerprint density at radius 2 is 2.06 bits per heavy atom. The summed E-state index contributed by atoms with van der Waals surface area (Å²) in [5.74, 6) is -0.595. The molecule has 0 heterocycles. The van der Waals surface area contributed by atoms with Crippen LogP contribution < -0.4 is 10.6 Å². The molecule has 0 aliphatic heterocycles. The van der Waals surface area contributed by atoms with Gasteiger partial charge >= 0.3 is 0 Å². The van der Waals surface area contributed by atoms with Crippen molar-refractivity contribution in [3.8, 4) is 0 Å². The van der Waals surface area contributed by atoms with Gasteiger partial charge in [-0.1, -0.05) is 6.92 Å². The molecule has 100 valence electrons. The van der Waals surface area contributed by atoms with Crippen LogP contribution in [0.5, 0.6) is 0 Å². The molecule has 0 amide bonds. The minimum atomic E-state index is -0.595. The lowest BCUT2D eigenvalue weighted by Gasteiger charge is -2.09. The van der Waals surface area contributed by atoms with Crippen LogP contribution in [0.15, 0.2) is 12.1 Å². The van der Waals surface area contributed by atoms with Crippen LogP contribution in [-0.2, 0) is 0 Å². The van der Waals surface area contributed by atoms with E-state index in [1.54, 1.807) is 6.92 Å². The molecule has 0 radical (unpaired) electrons. The largest absolute Gasteiger partial charge is 0.381 e. The zero-order valence-corrected chi connectivity index (χ0v) is 10.6. The van der Waals surface area contributed by atoms with Crippen LogP contribution >= 0.6 is 0 Å². The Labute approximate surface area is 106 Å². The molecule has 0 spiro atoms. The minimum absolute atomic E-state index is 0.192. The van der Waals surface area contributed by atoms with Gasteiger partial charge in [0.25, 0.3) is 5.69 Å². The topological polar surface area (TPSA) is 67.2 Å². The zero-order chi connectivity index (χ0) is 13.5. The maximum absolute atomic E-state index is 13.6. The summed E-state index contributed by atoms with van der Waals surface area (Å²) in [5, 5.41) is 16.7. The lowest BCUT2D eigenvalue weighted by molar-refractivity contribution is -0.385. The average molecular weight is 255 g/mol. The third-order valence-corrected chi connectivity index (χ3v) is 2.53. The molecule has 0 saturated heterocycles. The van der Waals surface area contributed by atoms with E-state index in [4.69, 9.17) is 0 Å². The van der Waals surface area contributed by atoms with Crippen LogP contribution in [0.4, 0.5) is 15.8 Å². The van der Waals surface area contributed by atoms with Crippen LogP contribution in [0, 0.1) is 22.9 Å². The van der Waals surface area contributed by atoms with E-state index in [1.807, 2.05) is 0 Å². The van der Waals surface area contributed by atoms with Gasteiger partial charge in [0.1, 0.15) is 0 Å². The Morgan fingerprint density at radius 3 is 2.67 bits per heavy atom. The van der Waals surface area contributed by atoms with Crippen LogP contribution in [0.1, 0.15) is 18.9 Å². The molecule has 5 nitrogen and oxygen atoms in total. The van der Waals surface area contributed by atoms with Gasteiger partial charge in [-0.25, -0.2) is 4.39 Å². The summed E-state index contributed by atoms with van der Waals surface area (Å²) in [6.45, 7) is 5.89. The van der Waals surface area contributed by atoms with Crippen molar-refractivity contribution < 1.29 is 9.31 Å². The van der Waals surface area contributed by atoms with Crippen LogP contribution in [0.25, 0.3) is 0 Å². The van der Waals surface area contributed by atoms with Crippen molar-refractivity contribution >= 4 is 11.4 Å². The van der Waals surface area contributed by atoms with Crippen molar-refractivity contribution in [3.63, 3.8) is 0 Å². The Hall–Kier alpha value is -1.69. The second-order valence-electron chi connectivity index (χ2n) is 4.05. The molecule has 1 rings (SSSR count). The van der Waals surface area contributed by atoms with Gasteiger partial charge in [-0.2, -0.15) is 0 Å². The van der Waals surface area contributed by atoms with Gasteiger partial charge in [-0.05, 0) is 26.0 Å². The highest BCUT2D eigenvalue weighted by atomic mass is 19.1. The van der Waals surface area contributed by atoms with Gasteiger partial charge in [-0.15, -0.1) is 0 Å². The summed E-state index contributed by atoms with van der Waals surface area (Å²) in [6.07, 6.45) is 1.05. The number of nitro benzene ring substituents is 1. The van der Waals surface area contributed by atoms with Crippen molar-refractivity contribution in [2.45, 2.75) is 20.3 Å². The molecular weight excluding hydrogens is 237 g/mol. The number of hydrogen-bond acceptors (Lipinski definition) is 4. The molecule has 0 bridgehead atoms. The van der Waals surface area contributed by atoms with Crippen LogP contribution in [0.2, 0.25) is 0 Å². The quantitative estimate of drug-likeness (QED) is 0.446. The molecular formula is C12H18FN3O2. The minimum Gasteiger partial charge on any atom is -0.381 e. The molecule has 0 unspecified atom stereocenters. The number of rotatable bonds is 7. The highest BCUT2D eigenvalue weighted by molar-refractivity contribution is 5.54. The normalized spacial score (nSPS) is 10.4. The molecule has 0 atom stereocenters. The summed E-state index contributed by atoms with van der Waals surface area (Å²) < 4.78 is 13.6. The van der Waals surface area contributed by atoms with E-state index in [0.29, 0.717) is 17.8 Å². The highest BCUT2D eigenvalue weighted by Crippen LogP contribution is 2.24. The summed E-state index contributed by atoms with van der Waals surface area (Å²) in [4.78, 5) is 10.0. The number of anilines is 1. The molecule has 0 aliphatic carbocycles. The molecule has 1 aromatic carbocycles. The molecule has 0 aromatic heterocycles. The second kappa shape index (κ2) is 6.90. The fraction of sp³-hybridized carbons (Fsp3) is 0.500. The fourth-order valence-electron chi connectivity index (χ4n) is 1.59. The second-order valence-corrected chi connectivity index (χ2v) is 4.05.